The monoisotopic (exact) mass is 512 g/mol. The molecule has 1 aromatic heterocycles. The number of esters is 1. The number of nitrogens with zero attached hydrogens (tertiary/aromatic N) is 2. The van der Waals surface area contributed by atoms with Gasteiger partial charge in [-0.15, -0.1) is 0 Å². The number of methoxy groups -OCH3 is 1. The lowest BCUT2D eigenvalue weighted by Crippen LogP contribution is -2.56. The van der Waals surface area contributed by atoms with Crippen LogP contribution in [-0.2, 0) is 10.3 Å². The van der Waals surface area contributed by atoms with Gasteiger partial charge in [0.1, 0.15) is 17.5 Å². The van der Waals surface area contributed by atoms with Crippen LogP contribution >= 0.6 is 11.6 Å². The second-order valence-electron chi connectivity index (χ2n) is 9.00. The molecule has 5 rings (SSSR count). The molecular formula is C26H23ClF2N4O3. The number of pyridine rings is 1. The summed E-state index contributed by atoms with van der Waals surface area (Å²) in [5.74, 6) is -1.55. The molecular weight excluding hydrogens is 490 g/mol. The van der Waals surface area contributed by atoms with E-state index in [0.29, 0.717) is 35.1 Å². The number of hydrogen-bond donors (Lipinski definition) is 2. The van der Waals surface area contributed by atoms with Gasteiger partial charge in [0.15, 0.2) is 0 Å². The highest BCUT2D eigenvalue weighted by Crippen LogP contribution is 2.46. The van der Waals surface area contributed by atoms with Crippen LogP contribution in [-0.4, -0.2) is 43.1 Å². The Morgan fingerprint density at radius 3 is 2.47 bits per heavy atom. The summed E-state index contributed by atoms with van der Waals surface area (Å²) >= 11 is 6.17. The first-order valence-corrected chi connectivity index (χ1v) is 11.8. The molecule has 2 aromatic carbocycles. The Bertz CT molecular complexity index is 1330. The summed E-state index contributed by atoms with van der Waals surface area (Å²) in [6, 6.07) is 11.9. The number of amides is 1. The molecule has 1 saturated carbocycles. The maximum Gasteiger partial charge on any atom is 0.337 e. The fraction of sp³-hybridized carbons (Fsp3) is 0.269. The van der Waals surface area contributed by atoms with E-state index in [1.165, 1.54) is 25.4 Å². The van der Waals surface area contributed by atoms with Gasteiger partial charge in [-0.3, -0.25) is 4.79 Å². The smallest absolute Gasteiger partial charge is 0.337 e. The van der Waals surface area contributed by atoms with E-state index in [2.05, 4.69) is 15.6 Å². The van der Waals surface area contributed by atoms with Gasteiger partial charge in [-0.2, -0.15) is 0 Å². The van der Waals surface area contributed by atoms with Gasteiger partial charge in [0.2, 0.25) is 0 Å². The van der Waals surface area contributed by atoms with Crippen molar-refractivity contribution in [1.82, 2.24) is 10.3 Å². The molecule has 2 aliphatic rings. The second kappa shape index (κ2) is 9.39. The highest BCUT2D eigenvalue weighted by molar-refractivity contribution is 6.31. The number of carbonyl (C=O) groups excluding carboxylic acids is 2. The third-order valence-electron chi connectivity index (χ3n) is 6.51. The Morgan fingerprint density at radius 1 is 1.11 bits per heavy atom. The summed E-state index contributed by atoms with van der Waals surface area (Å²) in [6.07, 6.45) is 3.00. The number of hydrogen-bond acceptors (Lipinski definition) is 6. The molecule has 0 atom stereocenters. The highest BCUT2D eigenvalue weighted by Gasteiger charge is 2.46. The molecule has 2 fully saturated rings. The number of ether oxygens (including phenoxy) is 1. The average molecular weight is 513 g/mol. The summed E-state index contributed by atoms with van der Waals surface area (Å²) < 4.78 is 31.9. The van der Waals surface area contributed by atoms with Crippen LogP contribution in [0, 0.1) is 11.6 Å². The third kappa shape index (κ3) is 4.70. The van der Waals surface area contributed by atoms with Crippen molar-refractivity contribution < 1.29 is 23.1 Å². The normalized spacial score (nSPS) is 16.2. The zero-order chi connectivity index (χ0) is 25.4. The fourth-order valence-corrected chi connectivity index (χ4v) is 4.52. The largest absolute Gasteiger partial charge is 0.465 e. The fourth-order valence-electron chi connectivity index (χ4n) is 4.36. The quantitative estimate of drug-likeness (QED) is 0.453. The maximum atomic E-state index is 14.0. The van der Waals surface area contributed by atoms with E-state index in [4.69, 9.17) is 16.3 Å². The SMILES string of the molecule is COC(=O)c1ccc(C2(NC(=O)c3cc(Cl)cnc3N3CC(Nc4ccc(F)cc4F)C3)CC2)cc1. The van der Waals surface area contributed by atoms with Gasteiger partial charge >= 0.3 is 5.97 Å². The molecule has 0 radical (unpaired) electrons. The Hall–Kier alpha value is -3.72. The van der Waals surface area contributed by atoms with E-state index >= 15 is 0 Å². The molecule has 3 aromatic rings. The lowest BCUT2D eigenvalue weighted by molar-refractivity contribution is 0.0600. The third-order valence-corrected chi connectivity index (χ3v) is 6.72. The van der Waals surface area contributed by atoms with Gasteiger partial charge in [-0.25, -0.2) is 18.6 Å². The topological polar surface area (TPSA) is 83.6 Å². The van der Waals surface area contributed by atoms with Crippen LogP contribution in [0.25, 0.3) is 0 Å². The van der Waals surface area contributed by atoms with E-state index < -0.39 is 23.1 Å². The molecule has 0 bridgehead atoms. The molecule has 1 aliphatic carbocycles. The molecule has 2 heterocycles. The highest BCUT2D eigenvalue weighted by atomic mass is 35.5. The van der Waals surface area contributed by atoms with Crippen molar-refractivity contribution in [3.05, 3.63) is 88.1 Å². The van der Waals surface area contributed by atoms with Gasteiger partial charge < -0.3 is 20.3 Å². The Labute approximate surface area is 211 Å². The number of anilines is 2. The van der Waals surface area contributed by atoms with E-state index in [1.807, 2.05) is 17.0 Å². The Morgan fingerprint density at radius 2 is 1.83 bits per heavy atom. The van der Waals surface area contributed by atoms with Gasteiger partial charge in [0.05, 0.1) is 40.5 Å². The molecule has 1 saturated heterocycles. The van der Waals surface area contributed by atoms with Gasteiger partial charge in [-0.1, -0.05) is 23.7 Å². The zero-order valence-electron chi connectivity index (χ0n) is 19.4. The first-order chi connectivity index (χ1) is 17.3. The summed E-state index contributed by atoms with van der Waals surface area (Å²) in [5.41, 5.74) is 1.37. The molecule has 1 amide bonds. The molecule has 186 valence electrons. The first-order valence-electron chi connectivity index (χ1n) is 11.4. The van der Waals surface area contributed by atoms with Crippen LogP contribution in [0.1, 0.15) is 39.1 Å². The Balaban J connectivity index is 1.28. The van der Waals surface area contributed by atoms with Crippen LogP contribution in [0.5, 0.6) is 0 Å². The molecule has 0 unspecified atom stereocenters. The van der Waals surface area contributed by atoms with Crippen molar-refractivity contribution in [2.75, 3.05) is 30.4 Å². The standard InChI is InChI=1S/C26H23ClF2N4O3/c1-36-25(35)15-2-4-16(5-3-15)26(8-9-26)32-24(34)20-10-17(27)12-30-23(20)33-13-19(14-33)31-22-7-6-18(28)11-21(22)29/h2-7,10-12,19,31H,8-9,13-14H2,1H3,(H,32,34). The number of halogens is 3. The summed E-state index contributed by atoms with van der Waals surface area (Å²) in [7, 11) is 1.33. The lowest BCUT2D eigenvalue weighted by Gasteiger charge is -2.41. The molecule has 0 spiro atoms. The number of rotatable bonds is 7. The maximum absolute atomic E-state index is 14.0. The van der Waals surface area contributed by atoms with Crippen molar-refractivity contribution in [2.45, 2.75) is 24.4 Å². The predicted molar refractivity (Wildman–Crippen MR) is 131 cm³/mol. The van der Waals surface area contributed by atoms with Gasteiger partial charge in [0, 0.05) is 25.4 Å². The second-order valence-corrected chi connectivity index (χ2v) is 9.44. The molecule has 1 aliphatic heterocycles. The minimum atomic E-state index is -0.660. The number of nitrogens with one attached hydrogen (secondary N) is 2. The first kappa shape index (κ1) is 24.0. The van der Waals surface area contributed by atoms with E-state index in [0.717, 1.165) is 24.5 Å². The van der Waals surface area contributed by atoms with E-state index in [1.54, 1.807) is 18.2 Å². The van der Waals surface area contributed by atoms with Crippen molar-refractivity contribution in [1.29, 1.82) is 0 Å². The number of carbonyl (C=O) groups is 2. The molecule has 10 heteroatoms. The summed E-state index contributed by atoms with van der Waals surface area (Å²) in [4.78, 5) is 31.4. The lowest BCUT2D eigenvalue weighted by atomic mass is 10.0. The Kier molecular flexibility index (Phi) is 6.26. The number of benzene rings is 2. The molecule has 7 nitrogen and oxygen atoms in total. The average Bonchev–Trinajstić information content (AvgIpc) is 3.62. The summed E-state index contributed by atoms with van der Waals surface area (Å²) in [6.45, 7) is 0.956. The van der Waals surface area contributed by atoms with Crippen molar-refractivity contribution in [3.8, 4) is 0 Å². The van der Waals surface area contributed by atoms with Gasteiger partial charge in [-0.05, 0) is 48.7 Å². The zero-order valence-corrected chi connectivity index (χ0v) is 20.1. The molecule has 36 heavy (non-hydrogen) atoms. The van der Waals surface area contributed by atoms with Crippen molar-refractivity contribution >= 4 is 35.0 Å². The van der Waals surface area contributed by atoms with Crippen LogP contribution in [0.4, 0.5) is 20.3 Å². The minimum absolute atomic E-state index is 0.0959. The van der Waals surface area contributed by atoms with E-state index in [9.17, 15) is 18.4 Å². The van der Waals surface area contributed by atoms with Gasteiger partial charge in [0.25, 0.3) is 5.91 Å². The van der Waals surface area contributed by atoms with Crippen LogP contribution < -0.4 is 15.5 Å². The molecule has 2 N–H and O–H groups in total. The van der Waals surface area contributed by atoms with Crippen LogP contribution in [0.15, 0.2) is 54.7 Å². The predicted octanol–water partition coefficient (Wildman–Crippen LogP) is 4.52. The minimum Gasteiger partial charge on any atom is -0.465 e. The summed E-state index contributed by atoms with van der Waals surface area (Å²) in [5, 5.41) is 6.50. The van der Waals surface area contributed by atoms with E-state index in [-0.39, 0.29) is 17.6 Å². The van der Waals surface area contributed by atoms with Crippen molar-refractivity contribution in [2.24, 2.45) is 0 Å². The van der Waals surface area contributed by atoms with Crippen LogP contribution in [0.2, 0.25) is 5.02 Å². The van der Waals surface area contributed by atoms with Crippen LogP contribution in [0.3, 0.4) is 0 Å². The number of aromatic nitrogens is 1. The van der Waals surface area contributed by atoms with Crippen molar-refractivity contribution in [3.63, 3.8) is 0 Å².